The summed E-state index contributed by atoms with van der Waals surface area (Å²) in [5, 5.41) is 4.02. The summed E-state index contributed by atoms with van der Waals surface area (Å²) < 4.78 is 5.24. The van der Waals surface area contributed by atoms with E-state index < -0.39 is 0 Å². The molecule has 2 aromatic rings. The van der Waals surface area contributed by atoms with E-state index in [4.69, 9.17) is 4.52 Å². The largest absolute Gasteiger partial charge is 0.361 e. The van der Waals surface area contributed by atoms with Gasteiger partial charge in [0.2, 0.25) is 0 Å². The van der Waals surface area contributed by atoms with Crippen LogP contribution in [0.4, 0.5) is 0 Å². The van der Waals surface area contributed by atoms with Crippen LogP contribution in [-0.4, -0.2) is 10.1 Å². The molecule has 0 atom stereocenters. The number of rotatable bonds is 4. The minimum Gasteiger partial charge on any atom is -0.361 e. The topological polar surface area (TPSA) is 38.9 Å². The highest BCUT2D eigenvalue weighted by Gasteiger charge is 2.05. The number of pyridine rings is 1. The minimum atomic E-state index is 0.870. The molecule has 15 heavy (non-hydrogen) atoms. The summed E-state index contributed by atoms with van der Waals surface area (Å²) in [4.78, 5) is 4.05. The standard InChI is InChI=1S/C12H14N2O/c1-2-3-6-11-8-12(14-15-11)10-5-4-7-13-9-10/h4-5,7-9H,2-3,6H2,1H3. The molecule has 0 bridgehead atoms. The van der Waals surface area contributed by atoms with Gasteiger partial charge in [-0.3, -0.25) is 4.98 Å². The maximum atomic E-state index is 5.24. The third kappa shape index (κ3) is 2.43. The number of hydrogen-bond acceptors (Lipinski definition) is 3. The van der Waals surface area contributed by atoms with Gasteiger partial charge in [-0.2, -0.15) is 0 Å². The molecule has 0 aromatic carbocycles. The Balaban J connectivity index is 2.14. The van der Waals surface area contributed by atoms with Gasteiger partial charge in [-0.05, 0) is 18.6 Å². The lowest BCUT2D eigenvalue weighted by Crippen LogP contribution is -1.79. The predicted molar refractivity (Wildman–Crippen MR) is 58.3 cm³/mol. The van der Waals surface area contributed by atoms with E-state index in [-0.39, 0.29) is 0 Å². The summed E-state index contributed by atoms with van der Waals surface area (Å²) in [7, 11) is 0. The first-order valence-electron chi connectivity index (χ1n) is 5.26. The first-order valence-corrected chi connectivity index (χ1v) is 5.26. The Bertz CT molecular complexity index is 409. The fraction of sp³-hybridized carbons (Fsp3) is 0.333. The number of hydrogen-bond donors (Lipinski definition) is 0. The van der Waals surface area contributed by atoms with E-state index in [1.807, 2.05) is 18.2 Å². The summed E-state index contributed by atoms with van der Waals surface area (Å²) in [6, 6.07) is 5.87. The molecule has 0 amide bonds. The Hall–Kier alpha value is -1.64. The van der Waals surface area contributed by atoms with Gasteiger partial charge < -0.3 is 4.52 Å². The molecule has 0 unspecified atom stereocenters. The minimum absolute atomic E-state index is 0.870. The predicted octanol–water partition coefficient (Wildman–Crippen LogP) is 3.08. The van der Waals surface area contributed by atoms with Crippen molar-refractivity contribution in [3.05, 3.63) is 36.4 Å². The number of aromatic nitrogens is 2. The van der Waals surface area contributed by atoms with Crippen molar-refractivity contribution in [2.24, 2.45) is 0 Å². The van der Waals surface area contributed by atoms with Crippen molar-refractivity contribution < 1.29 is 4.52 Å². The molecule has 0 N–H and O–H groups in total. The van der Waals surface area contributed by atoms with Gasteiger partial charge in [0.1, 0.15) is 11.5 Å². The summed E-state index contributed by atoms with van der Waals surface area (Å²) in [6.07, 6.45) is 6.82. The molecule has 0 radical (unpaired) electrons. The van der Waals surface area contributed by atoms with Crippen LogP contribution in [0.25, 0.3) is 11.3 Å². The first-order chi connectivity index (χ1) is 7.40. The number of unbranched alkanes of at least 4 members (excludes halogenated alkanes) is 1. The normalized spacial score (nSPS) is 10.5. The van der Waals surface area contributed by atoms with Crippen LogP contribution in [0.5, 0.6) is 0 Å². The molecule has 2 heterocycles. The molecule has 3 heteroatoms. The van der Waals surface area contributed by atoms with Crippen LogP contribution in [0.1, 0.15) is 25.5 Å². The van der Waals surface area contributed by atoms with Gasteiger partial charge in [0.15, 0.2) is 0 Å². The van der Waals surface area contributed by atoms with Crippen LogP contribution >= 0.6 is 0 Å². The van der Waals surface area contributed by atoms with Crippen molar-refractivity contribution in [2.75, 3.05) is 0 Å². The Morgan fingerprint density at radius 3 is 3.07 bits per heavy atom. The molecule has 0 aliphatic carbocycles. The lowest BCUT2D eigenvalue weighted by molar-refractivity contribution is 0.382. The third-order valence-corrected chi connectivity index (χ3v) is 2.29. The van der Waals surface area contributed by atoms with E-state index in [0.29, 0.717) is 0 Å². The van der Waals surface area contributed by atoms with Gasteiger partial charge in [0.25, 0.3) is 0 Å². The van der Waals surface area contributed by atoms with Crippen molar-refractivity contribution in [1.82, 2.24) is 10.1 Å². The molecule has 0 aliphatic rings. The zero-order valence-corrected chi connectivity index (χ0v) is 8.81. The Morgan fingerprint density at radius 2 is 2.33 bits per heavy atom. The van der Waals surface area contributed by atoms with Gasteiger partial charge in [0, 0.05) is 30.4 Å². The zero-order chi connectivity index (χ0) is 10.5. The molecule has 2 rings (SSSR count). The van der Waals surface area contributed by atoms with E-state index in [0.717, 1.165) is 29.9 Å². The van der Waals surface area contributed by atoms with Crippen molar-refractivity contribution in [3.63, 3.8) is 0 Å². The van der Waals surface area contributed by atoms with E-state index in [1.165, 1.54) is 6.42 Å². The third-order valence-electron chi connectivity index (χ3n) is 2.29. The molecule has 0 spiro atoms. The second kappa shape index (κ2) is 4.73. The molecular formula is C12H14N2O. The highest BCUT2D eigenvalue weighted by atomic mass is 16.5. The fourth-order valence-electron chi connectivity index (χ4n) is 1.43. The second-order valence-corrected chi connectivity index (χ2v) is 3.52. The summed E-state index contributed by atoms with van der Waals surface area (Å²) in [6.45, 7) is 2.17. The van der Waals surface area contributed by atoms with Crippen molar-refractivity contribution in [1.29, 1.82) is 0 Å². The summed E-state index contributed by atoms with van der Waals surface area (Å²) in [5.74, 6) is 0.954. The van der Waals surface area contributed by atoms with Crippen LogP contribution in [-0.2, 0) is 6.42 Å². The summed E-state index contributed by atoms with van der Waals surface area (Å²) in [5.41, 5.74) is 1.87. The second-order valence-electron chi connectivity index (χ2n) is 3.52. The molecule has 0 saturated heterocycles. The van der Waals surface area contributed by atoms with Crippen LogP contribution in [0, 0.1) is 0 Å². The smallest absolute Gasteiger partial charge is 0.137 e. The molecule has 2 aromatic heterocycles. The molecule has 78 valence electrons. The van der Waals surface area contributed by atoms with E-state index in [2.05, 4.69) is 17.1 Å². The summed E-state index contributed by atoms with van der Waals surface area (Å²) >= 11 is 0. The highest BCUT2D eigenvalue weighted by molar-refractivity contribution is 5.57. The quantitative estimate of drug-likeness (QED) is 0.764. The Kier molecular flexibility index (Phi) is 3.12. The van der Waals surface area contributed by atoms with Gasteiger partial charge >= 0.3 is 0 Å². The SMILES string of the molecule is CCCCc1cc(-c2cccnc2)no1. The Labute approximate surface area is 89.1 Å². The van der Waals surface area contributed by atoms with Gasteiger partial charge in [-0.1, -0.05) is 18.5 Å². The maximum absolute atomic E-state index is 5.24. The molecule has 0 fully saturated rings. The first kappa shape index (κ1) is 9.90. The molecule has 0 aliphatic heterocycles. The van der Waals surface area contributed by atoms with Gasteiger partial charge in [0.05, 0.1) is 0 Å². The monoisotopic (exact) mass is 202 g/mol. The van der Waals surface area contributed by atoms with Crippen LogP contribution in [0.2, 0.25) is 0 Å². The lowest BCUT2D eigenvalue weighted by Gasteiger charge is -1.91. The van der Waals surface area contributed by atoms with Crippen molar-refractivity contribution in [3.8, 4) is 11.3 Å². The van der Waals surface area contributed by atoms with Gasteiger partial charge in [-0.25, -0.2) is 0 Å². The molecular weight excluding hydrogens is 188 g/mol. The molecule has 3 nitrogen and oxygen atoms in total. The lowest BCUT2D eigenvalue weighted by atomic mass is 10.1. The van der Waals surface area contributed by atoms with E-state index >= 15 is 0 Å². The van der Waals surface area contributed by atoms with Crippen LogP contribution in [0.15, 0.2) is 35.1 Å². The number of aryl methyl sites for hydroxylation is 1. The van der Waals surface area contributed by atoms with E-state index in [1.54, 1.807) is 12.4 Å². The van der Waals surface area contributed by atoms with Crippen LogP contribution in [0.3, 0.4) is 0 Å². The highest BCUT2D eigenvalue weighted by Crippen LogP contribution is 2.18. The average molecular weight is 202 g/mol. The van der Waals surface area contributed by atoms with E-state index in [9.17, 15) is 0 Å². The van der Waals surface area contributed by atoms with Crippen molar-refractivity contribution >= 4 is 0 Å². The number of nitrogens with zero attached hydrogens (tertiary/aromatic N) is 2. The fourth-order valence-corrected chi connectivity index (χ4v) is 1.43. The Morgan fingerprint density at radius 1 is 1.40 bits per heavy atom. The maximum Gasteiger partial charge on any atom is 0.137 e. The molecule has 0 saturated carbocycles. The zero-order valence-electron chi connectivity index (χ0n) is 8.81. The average Bonchev–Trinajstić information content (AvgIpc) is 2.76. The van der Waals surface area contributed by atoms with Gasteiger partial charge in [-0.15, -0.1) is 0 Å². The van der Waals surface area contributed by atoms with Crippen LogP contribution < -0.4 is 0 Å². The van der Waals surface area contributed by atoms with Crippen molar-refractivity contribution in [2.45, 2.75) is 26.2 Å².